The molecule has 0 aromatic heterocycles. The fourth-order valence-electron chi connectivity index (χ4n) is 2.48. The molecule has 0 aliphatic carbocycles. The predicted octanol–water partition coefficient (Wildman–Crippen LogP) is 2.44. The van der Waals surface area contributed by atoms with Gasteiger partial charge in [-0.05, 0) is 50.6 Å². The van der Waals surface area contributed by atoms with Crippen LogP contribution in [0.3, 0.4) is 0 Å². The molecule has 19 heavy (non-hydrogen) atoms. The number of benzene rings is 1. The van der Waals surface area contributed by atoms with Gasteiger partial charge in [0.1, 0.15) is 5.75 Å². The molecule has 0 saturated carbocycles. The molecule has 1 N–H and O–H groups in total. The Morgan fingerprint density at radius 2 is 2.26 bits per heavy atom. The van der Waals surface area contributed by atoms with Crippen LogP contribution < -0.4 is 10.1 Å². The first-order valence-electron chi connectivity index (χ1n) is 7.35. The highest BCUT2D eigenvalue weighted by atomic mass is 16.5. The quantitative estimate of drug-likeness (QED) is 0.852. The van der Waals surface area contributed by atoms with Crippen molar-refractivity contribution < 1.29 is 4.74 Å². The van der Waals surface area contributed by atoms with E-state index in [0.29, 0.717) is 6.04 Å². The molecule has 0 fully saturated rings. The molecule has 1 aliphatic rings. The van der Waals surface area contributed by atoms with Gasteiger partial charge in [-0.2, -0.15) is 0 Å². The number of aryl methyl sites for hydroxylation is 1. The Kier molecular flexibility index (Phi) is 5.23. The number of nitrogens with one attached hydrogen (secondary N) is 1. The summed E-state index contributed by atoms with van der Waals surface area (Å²) in [4.78, 5) is 2.33. The lowest BCUT2D eigenvalue weighted by Crippen LogP contribution is -2.36. The smallest absolute Gasteiger partial charge is 0.122 e. The Bertz CT molecular complexity index is 406. The van der Waals surface area contributed by atoms with Gasteiger partial charge in [0.05, 0.1) is 6.61 Å². The van der Waals surface area contributed by atoms with E-state index < -0.39 is 0 Å². The molecule has 106 valence electrons. The fraction of sp³-hybridized carbons (Fsp3) is 0.625. The Balaban J connectivity index is 1.86. The third-order valence-electron chi connectivity index (χ3n) is 3.75. The van der Waals surface area contributed by atoms with E-state index in [1.807, 2.05) is 0 Å². The van der Waals surface area contributed by atoms with Crippen LogP contribution in [0.1, 0.15) is 31.4 Å². The molecule has 2 rings (SSSR count). The molecule has 0 bridgehead atoms. The molecule has 1 aromatic carbocycles. The summed E-state index contributed by atoms with van der Waals surface area (Å²) in [5.41, 5.74) is 2.72. The number of likely N-dealkylation sites (N-methyl/N-ethyl adjacent to an activating group) is 1. The van der Waals surface area contributed by atoms with Crippen molar-refractivity contribution in [2.75, 3.05) is 26.7 Å². The van der Waals surface area contributed by atoms with E-state index in [2.05, 4.69) is 49.3 Å². The summed E-state index contributed by atoms with van der Waals surface area (Å²) in [7, 11) is 2.16. The monoisotopic (exact) mass is 262 g/mol. The van der Waals surface area contributed by atoms with Crippen LogP contribution in [0.25, 0.3) is 0 Å². The molecule has 1 atom stereocenters. The summed E-state index contributed by atoms with van der Waals surface area (Å²) in [5, 5.41) is 3.59. The first-order chi connectivity index (χ1) is 9.19. The third kappa shape index (κ3) is 4.22. The second kappa shape index (κ2) is 6.92. The lowest BCUT2D eigenvalue weighted by molar-refractivity contribution is 0.288. The van der Waals surface area contributed by atoms with Gasteiger partial charge in [-0.15, -0.1) is 0 Å². The van der Waals surface area contributed by atoms with Crippen molar-refractivity contribution in [2.24, 2.45) is 0 Å². The minimum absolute atomic E-state index is 0.511. The standard InChI is InChI=1S/C16H26N2O/c1-4-18(3)12-13(2)17-11-14-7-8-16-15(10-14)6-5-9-19-16/h7-8,10,13,17H,4-6,9,11-12H2,1-3H3. The van der Waals surface area contributed by atoms with E-state index in [9.17, 15) is 0 Å². The maximum absolute atomic E-state index is 5.64. The third-order valence-corrected chi connectivity index (χ3v) is 3.75. The number of hydrogen-bond acceptors (Lipinski definition) is 3. The molecular formula is C16H26N2O. The molecule has 1 unspecified atom stereocenters. The van der Waals surface area contributed by atoms with Crippen LogP contribution in [0.2, 0.25) is 0 Å². The van der Waals surface area contributed by atoms with Gasteiger partial charge in [0, 0.05) is 19.1 Å². The second-order valence-corrected chi connectivity index (χ2v) is 5.53. The molecular weight excluding hydrogens is 236 g/mol. The highest BCUT2D eigenvalue weighted by Crippen LogP contribution is 2.25. The molecule has 0 amide bonds. The zero-order valence-electron chi connectivity index (χ0n) is 12.4. The Hall–Kier alpha value is -1.06. The average Bonchev–Trinajstić information content (AvgIpc) is 2.44. The molecule has 0 saturated heterocycles. The molecule has 3 heteroatoms. The highest BCUT2D eigenvalue weighted by molar-refractivity contribution is 5.38. The zero-order valence-corrected chi connectivity index (χ0v) is 12.4. The maximum Gasteiger partial charge on any atom is 0.122 e. The second-order valence-electron chi connectivity index (χ2n) is 5.53. The number of rotatable bonds is 6. The molecule has 1 aliphatic heterocycles. The molecule has 0 spiro atoms. The van der Waals surface area contributed by atoms with Gasteiger partial charge < -0.3 is 15.0 Å². The van der Waals surface area contributed by atoms with Gasteiger partial charge in [0.2, 0.25) is 0 Å². The lowest BCUT2D eigenvalue weighted by Gasteiger charge is -2.21. The Morgan fingerprint density at radius 1 is 1.42 bits per heavy atom. The van der Waals surface area contributed by atoms with Crippen molar-refractivity contribution in [3.05, 3.63) is 29.3 Å². The topological polar surface area (TPSA) is 24.5 Å². The zero-order chi connectivity index (χ0) is 13.7. The van der Waals surface area contributed by atoms with Crippen molar-refractivity contribution in [1.82, 2.24) is 10.2 Å². The minimum Gasteiger partial charge on any atom is -0.493 e. The summed E-state index contributed by atoms with van der Waals surface area (Å²) in [6.45, 7) is 8.42. The van der Waals surface area contributed by atoms with Crippen LogP contribution in [0.15, 0.2) is 18.2 Å². The van der Waals surface area contributed by atoms with Crippen molar-refractivity contribution in [3.8, 4) is 5.75 Å². The number of nitrogens with zero attached hydrogens (tertiary/aromatic N) is 1. The summed E-state index contributed by atoms with van der Waals surface area (Å²) < 4.78 is 5.64. The van der Waals surface area contributed by atoms with E-state index in [-0.39, 0.29) is 0 Å². The summed E-state index contributed by atoms with van der Waals surface area (Å²) >= 11 is 0. The summed E-state index contributed by atoms with van der Waals surface area (Å²) in [6, 6.07) is 7.09. The van der Waals surface area contributed by atoms with Gasteiger partial charge in [-0.25, -0.2) is 0 Å². The van der Waals surface area contributed by atoms with Gasteiger partial charge in [-0.3, -0.25) is 0 Å². The highest BCUT2D eigenvalue weighted by Gasteiger charge is 2.11. The van der Waals surface area contributed by atoms with Crippen LogP contribution in [0.4, 0.5) is 0 Å². The number of ether oxygens (including phenoxy) is 1. The lowest BCUT2D eigenvalue weighted by atomic mass is 10.0. The van der Waals surface area contributed by atoms with Crippen molar-refractivity contribution in [2.45, 2.75) is 39.3 Å². The molecule has 1 heterocycles. The van der Waals surface area contributed by atoms with E-state index in [0.717, 1.165) is 44.8 Å². The van der Waals surface area contributed by atoms with E-state index in [4.69, 9.17) is 4.74 Å². The summed E-state index contributed by atoms with van der Waals surface area (Å²) in [5.74, 6) is 1.08. The Labute approximate surface area is 116 Å². The first kappa shape index (κ1) is 14.4. The van der Waals surface area contributed by atoms with Crippen molar-refractivity contribution in [3.63, 3.8) is 0 Å². The van der Waals surface area contributed by atoms with Crippen LogP contribution in [0, 0.1) is 0 Å². The SMILES string of the molecule is CCN(C)CC(C)NCc1ccc2c(c1)CCCO2. The normalized spacial score (nSPS) is 16.0. The van der Waals surface area contributed by atoms with Crippen molar-refractivity contribution in [1.29, 1.82) is 0 Å². The van der Waals surface area contributed by atoms with E-state index in [1.165, 1.54) is 11.1 Å². The van der Waals surface area contributed by atoms with Crippen molar-refractivity contribution >= 4 is 0 Å². The number of fused-ring (bicyclic) bond motifs is 1. The molecule has 0 radical (unpaired) electrons. The van der Waals surface area contributed by atoms with Crippen LogP contribution in [-0.4, -0.2) is 37.7 Å². The maximum atomic E-state index is 5.64. The van der Waals surface area contributed by atoms with Gasteiger partial charge in [-0.1, -0.05) is 19.1 Å². The summed E-state index contributed by atoms with van der Waals surface area (Å²) in [6.07, 6.45) is 2.29. The van der Waals surface area contributed by atoms with E-state index >= 15 is 0 Å². The van der Waals surface area contributed by atoms with Gasteiger partial charge in [0.15, 0.2) is 0 Å². The van der Waals surface area contributed by atoms with Crippen LogP contribution in [-0.2, 0) is 13.0 Å². The Morgan fingerprint density at radius 3 is 3.05 bits per heavy atom. The van der Waals surface area contributed by atoms with Crippen LogP contribution >= 0.6 is 0 Å². The predicted molar refractivity (Wildman–Crippen MR) is 79.7 cm³/mol. The molecule has 1 aromatic rings. The number of hydrogen-bond donors (Lipinski definition) is 1. The van der Waals surface area contributed by atoms with Crippen LogP contribution in [0.5, 0.6) is 5.75 Å². The van der Waals surface area contributed by atoms with E-state index in [1.54, 1.807) is 0 Å². The largest absolute Gasteiger partial charge is 0.493 e. The fourth-order valence-corrected chi connectivity index (χ4v) is 2.48. The molecule has 3 nitrogen and oxygen atoms in total. The first-order valence-corrected chi connectivity index (χ1v) is 7.35. The van der Waals surface area contributed by atoms with Gasteiger partial charge >= 0.3 is 0 Å². The minimum atomic E-state index is 0.511. The van der Waals surface area contributed by atoms with Gasteiger partial charge in [0.25, 0.3) is 0 Å². The average molecular weight is 262 g/mol.